The number of aryl methyl sites for hydroxylation is 1. The molecular formula is C18H19N5O. The van der Waals surface area contributed by atoms with Gasteiger partial charge in [-0.15, -0.1) is 0 Å². The summed E-state index contributed by atoms with van der Waals surface area (Å²) in [7, 11) is 1.67. The minimum Gasteiger partial charge on any atom is -0.497 e. The molecule has 1 N–H and O–H groups in total. The SMILES string of the molecule is COc1ccc([C@@H]2C[C@@H](c3ccc(C)cc3)Nc3nnnn32)cc1. The van der Waals surface area contributed by atoms with Crippen LogP contribution in [0.2, 0.25) is 0 Å². The first-order valence-electron chi connectivity index (χ1n) is 7.99. The third kappa shape index (κ3) is 2.60. The highest BCUT2D eigenvalue weighted by Gasteiger charge is 2.30. The van der Waals surface area contributed by atoms with Gasteiger partial charge in [0.1, 0.15) is 5.75 Å². The van der Waals surface area contributed by atoms with E-state index in [9.17, 15) is 0 Å². The Morgan fingerprint density at radius 2 is 1.75 bits per heavy atom. The van der Waals surface area contributed by atoms with E-state index in [1.165, 1.54) is 16.7 Å². The molecule has 0 radical (unpaired) electrons. The minimum absolute atomic E-state index is 0.0912. The number of anilines is 1. The van der Waals surface area contributed by atoms with Crippen LogP contribution in [0.25, 0.3) is 0 Å². The predicted molar refractivity (Wildman–Crippen MR) is 91.1 cm³/mol. The van der Waals surface area contributed by atoms with Crippen molar-refractivity contribution in [3.05, 3.63) is 65.2 Å². The van der Waals surface area contributed by atoms with Gasteiger partial charge in [0.15, 0.2) is 0 Å². The van der Waals surface area contributed by atoms with E-state index in [1.54, 1.807) is 7.11 Å². The molecule has 6 nitrogen and oxygen atoms in total. The van der Waals surface area contributed by atoms with Gasteiger partial charge in [-0.2, -0.15) is 0 Å². The van der Waals surface area contributed by atoms with Crippen LogP contribution in [0.4, 0.5) is 5.95 Å². The molecule has 0 amide bonds. The molecule has 0 saturated heterocycles. The van der Waals surface area contributed by atoms with Crippen molar-refractivity contribution in [2.75, 3.05) is 12.4 Å². The van der Waals surface area contributed by atoms with Gasteiger partial charge < -0.3 is 10.1 Å². The van der Waals surface area contributed by atoms with Crippen LogP contribution in [-0.2, 0) is 0 Å². The smallest absolute Gasteiger partial charge is 0.243 e. The Hall–Kier alpha value is -2.89. The maximum Gasteiger partial charge on any atom is 0.243 e. The number of nitrogens with one attached hydrogen (secondary N) is 1. The van der Waals surface area contributed by atoms with Gasteiger partial charge in [0.05, 0.1) is 19.2 Å². The minimum atomic E-state index is 0.0912. The molecule has 2 aromatic carbocycles. The van der Waals surface area contributed by atoms with Gasteiger partial charge in [-0.25, -0.2) is 4.68 Å². The summed E-state index contributed by atoms with van der Waals surface area (Å²) < 4.78 is 7.11. The second kappa shape index (κ2) is 5.96. The average Bonchev–Trinajstić information content (AvgIpc) is 3.10. The molecule has 1 aromatic heterocycles. The van der Waals surface area contributed by atoms with E-state index in [4.69, 9.17) is 4.74 Å². The first-order chi connectivity index (χ1) is 11.7. The maximum atomic E-state index is 5.25. The molecule has 0 spiro atoms. The van der Waals surface area contributed by atoms with Gasteiger partial charge >= 0.3 is 0 Å². The molecule has 4 rings (SSSR count). The van der Waals surface area contributed by atoms with Crippen molar-refractivity contribution in [2.45, 2.75) is 25.4 Å². The van der Waals surface area contributed by atoms with Crippen LogP contribution < -0.4 is 10.1 Å². The number of benzene rings is 2. The summed E-state index contributed by atoms with van der Waals surface area (Å²) in [6.45, 7) is 2.10. The zero-order valence-electron chi connectivity index (χ0n) is 13.7. The molecule has 3 aromatic rings. The fourth-order valence-electron chi connectivity index (χ4n) is 3.16. The molecule has 6 heteroatoms. The Labute approximate surface area is 140 Å². The second-order valence-corrected chi connectivity index (χ2v) is 6.08. The normalized spacial score (nSPS) is 19.4. The van der Waals surface area contributed by atoms with E-state index in [2.05, 4.69) is 64.2 Å². The van der Waals surface area contributed by atoms with E-state index in [1.807, 2.05) is 16.8 Å². The van der Waals surface area contributed by atoms with E-state index < -0.39 is 0 Å². The number of rotatable bonds is 3. The van der Waals surface area contributed by atoms with E-state index in [-0.39, 0.29) is 12.1 Å². The molecule has 2 heterocycles. The van der Waals surface area contributed by atoms with Crippen molar-refractivity contribution >= 4 is 5.95 Å². The van der Waals surface area contributed by atoms with Crippen LogP contribution in [0, 0.1) is 6.92 Å². The lowest BCUT2D eigenvalue weighted by atomic mass is 9.93. The first kappa shape index (κ1) is 14.7. The quantitative estimate of drug-likeness (QED) is 0.803. The molecule has 0 unspecified atom stereocenters. The van der Waals surface area contributed by atoms with E-state index in [0.717, 1.165) is 12.2 Å². The molecule has 24 heavy (non-hydrogen) atoms. The third-order valence-electron chi connectivity index (χ3n) is 4.53. The fraction of sp³-hybridized carbons (Fsp3) is 0.278. The van der Waals surface area contributed by atoms with Gasteiger partial charge in [0.25, 0.3) is 0 Å². The van der Waals surface area contributed by atoms with Crippen molar-refractivity contribution < 1.29 is 4.74 Å². The lowest BCUT2D eigenvalue weighted by Crippen LogP contribution is -2.28. The van der Waals surface area contributed by atoms with Crippen molar-refractivity contribution in [3.63, 3.8) is 0 Å². The van der Waals surface area contributed by atoms with Crippen molar-refractivity contribution in [1.82, 2.24) is 20.2 Å². The summed E-state index contributed by atoms with van der Waals surface area (Å²) >= 11 is 0. The predicted octanol–water partition coefficient (Wildman–Crippen LogP) is 3.14. The van der Waals surface area contributed by atoms with Gasteiger partial charge in [0, 0.05) is 0 Å². The highest BCUT2D eigenvalue weighted by molar-refractivity contribution is 5.39. The number of methoxy groups -OCH3 is 1. The molecular weight excluding hydrogens is 302 g/mol. The summed E-state index contributed by atoms with van der Waals surface area (Å²) in [5, 5.41) is 15.6. The number of hydrogen-bond donors (Lipinski definition) is 1. The summed E-state index contributed by atoms with van der Waals surface area (Å²) in [6.07, 6.45) is 0.882. The standard InChI is InChI=1S/C18H19N5O/c1-12-3-5-13(6-4-12)16-11-17(23-18(19-16)20-21-22-23)14-7-9-15(24-2)10-8-14/h3-10,16-17H,11H2,1-2H3,(H,19,20,22)/t16-,17-/m0/s1. The lowest BCUT2D eigenvalue weighted by Gasteiger charge is -2.31. The molecule has 0 saturated carbocycles. The molecule has 1 aliphatic heterocycles. The molecule has 2 atom stereocenters. The second-order valence-electron chi connectivity index (χ2n) is 6.08. The van der Waals surface area contributed by atoms with Crippen LogP contribution in [0.3, 0.4) is 0 Å². The Bertz CT molecular complexity index is 825. The molecule has 0 aliphatic carbocycles. The van der Waals surface area contributed by atoms with E-state index in [0.29, 0.717) is 5.95 Å². The monoisotopic (exact) mass is 321 g/mol. The van der Waals surface area contributed by atoms with Crippen molar-refractivity contribution in [3.8, 4) is 5.75 Å². The summed E-state index contributed by atoms with van der Waals surface area (Å²) in [5.74, 6) is 1.55. The summed E-state index contributed by atoms with van der Waals surface area (Å²) in [4.78, 5) is 0. The Morgan fingerprint density at radius 3 is 2.46 bits per heavy atom. The maximum absolute atomic E-state index is 5.25. The average molecular weight is 321 g/mol. The number of nitrogens with zero attached hydrogens (tertiary/aromatic N) is 4. The first-order valence-corrected chi connectivity index (χ1v) is 7.99. The van der Waals surface area contributed by atoms with Crippen LogP contribution in [-0.4, -0.2) is 27.3 Å². The van der Waals surface area contributed by atoms with Crippen LogP contribution in [0.1, 0.15) is 35.2 Å². The van der Waals surface area contributed by atoms with E-state index >= 15 is 0 Å². The highest BCUT2D eigenvalue weighted by Crippen LogP contribution is 2.37. The van der Waals surface area contributed by atoms with Gasteiger partial charge in [-0.05, 0) is 47.0 Å². The Kier molecular flexibility index (Phi) is 3.65. The van der Waals surface area contributed by atoms with Crippen LogP contribution >= 0.6 is 0 Å². The molecule has 1 aliphatic rings. The summed E-state index contributed by atoms with van der Waals surface area (Å²) in [6, 6.07) is 17.0. The Morgan fingerprint density at radius 1 is 1.04 bits per heavy atom. The van der Waals surface area contributed by atoms with Crippen LogP contribution in [0.15, 0.2) is 48.5 Å². The topological polar surface area (TPSA) is 64.9 Å². The number of ether oxygens (including phenoxy) is 1. The lowest BCUT2D eigenvalue weighted by molar-refractivity contribution is 0.410. The van der Waals surface area contributed by atoms with Gasteiger partial charge in [0.2, 0.25) is 5.95 Å². The number of aromatic nitrogens is 4. The molecule has 122 valence electrons. The number of fused-ring (bicyclic) bond motifs is 1. The van der Waals surface area contributed by atoms with Gasteiger partial charge in [-0.1, -0.05) is 47.1 Å². The zero-order chi connectivity index (χ0) is 16.5. The largest absolute Gasteiger partial charge is 0.497 e. The molecule has 0 fully saturated rings. The highest BCUT2D eigenvalue weighted by atomic mass is 16.5. The third-order valence-corrected chi connectivity index (χ3v) is 4.53. The van der Waals surface area contributed by atoms with Crippen molar-refractivity contribution in [2.24, 2.45) is 0 Å². The summed E-state index contributed by atoms with van der Waals surface area (Å²) in [5.41, 5.74) is 3.67. The fourth-order valence-corrected chi connectivity index (χ4v) is 3.16. The number of hydrogen-bond acceptors (Lipinski definition) is 5. The number of tetrazole rings is 1. The van der Waals surface area contributed by atoms with Crippen molar-refractivity contribution in [1.29, 1.82) is 0 Å². The zero-order valence-corrected chi connectivity index (χ0v) is 13.7. The molecule has 0 bridgehead atoms. The Balaban J connectivity index is 1.69. The van der Waals surface area contributed by atoms with Crippen LogP contribution in [0.5, 0.6) is 5.75 Å². The van der Waals surface area contributed by atoms with Gasteiger partial charge in [-0.3, -0.25) is 0 Å².